The summed E-state index contributed by atoms with van der Waals surface area (Å²) in [5, 5.41) is 25.5. The van der Waals surface area contributed by atoms with Crippen molar-refractivity contribution in [1.82, 2.24) is 0 Å². The molecule has 0 unspecified atom stereocenters. The predicted octanol–water partition coefficient (Wildman–Crippen LogP) is 3.60. The molecule has 2 aliphatic rings. The van der Waals surface area contributed by atoms with Gasteiger partial charge < -0.3 is 10.2 Å². The Bertz CT molecular complexity index is 928. The Morgan fingerprint density at radius 1 is 0.667 bits per heavy atom. The molecule has 4 heteroatoms. The Balaban J connectivity index is 0.000000302. The summed E-state index contributed by atoms with van der Waals surface area (Å²) >= 11 is 0. The van der Waals surface area contributed by atoms with Gasteiger partial charge in [0.25, 0.3) is 0 Å². The molecule has 0 aromatic heterocycles. The van der Waals surface area contributed by atoms with Gasteiger partial charge in [-0.05, 0) is 35.8 Å². The van der Waals surface area contributed by atoms with Crippen LogP contribution in [0.4, 0.5) is 0 Å². The van der Waals surface area contributed by atoms with Crippen molar-refractivity contribution >= 4 is 18.5 Å². The predicted molar refractivity (Wildman–Crippen MR) is 120 cm³/mol. The van der Waals surface area contributed by atoms with Crippen LogP contribution in [0.5, 0.6) is 0 Å². The zero-order chi connectivity index (χ0) is 20.5. The second kappa shape index (κ2) is 12.2. The Morgan fingerprint density at radius 2 is 1.07 bits per heavy atom. The van der Waals surface area contributed by atoms with Gasteiger partial charge >= 0.3 is 17.1 Å². The van der Waals surface area contributed by atoms with E-state index < -0.39 is 7.92 Å². The van der Waals surface area contributed by atoms with Gasteiger partial charge in [-0.15, -0.1) is 11.5 Å². The molecule has 0 radical (unpaired) electrons. The number of rotatable bonds is 4. The average molecular weight is 454 g/mol. The van der Waals surface area contributed by atoms with Crippen LogP contribution >= 0.6 is 7.92 Å². The van der Waals surface area contributed by atoms with Crippen LogP contribution in [0.3, 0.4) is 0 Å². The first kappa shape index (κ1) is 23.7. The minimum Gasteiger partial charge on any atom is -0.875 e. The molecule has 0 amide bonds. The monoisotopic (exact) mass is 454 g/mol. The van der Waals surface area contributed by atoms with E-state index in [0.29, 0.717) is 6.16 Å². The molecule has 4 rings (SSSR count). The average Bonchev–Trinajstić information content (AvgIpc) is 3.48. The molecular formula is C26H23FeO2P. The van der Waals surface area contributed by atoms with Crippen LogP contribution in [0.15, 0.2) is 132 Å². The van der Waals surface area contributed by atoms with Crippen molar-refractivity contribution in [1.29, 1.82) is 0 Å². The molecule has 2 aliphatic carbocycles. The van der Waals surface area contributed by atoms with Gasteiger partial charge in [-0.2, -0.15) is 0 Å². The van der Waals surface area contributed by atoms with E-state index in [1.54, 1.807) is 6.92 Å². The number of allylic oxidation sites excluding steroid dienone is 12. The van der Waals surface area contributed by atoms with Crippen molar-refractivity contribution in [3.05, 3.63) is 132 Å². The first-order chi connectivity index (χ1) is 14.1. The summed E-state index contributed by atoms with van der Waals surface area (Å²) in [4.78, 5) is 0. The van der Waals surface area contributed by atoms with E-state index in [4.69, 9.17) is 0 Å². The van der Waals surface area contributed by atoms with Crippen LogP contribution in [-0.2, 0) is 17.1 Å². The minimum absolute atomic E-state index is 0. The van der Waals surface area contributed by atoms with Gasteiger partial charge in [0.05, 0.1) is 0 Å². The molecule has 0 aliphatic heterocycles. The molecule has 0 atom stereocenters. The molecule has 0 heterocycles. The fourth-order valence-corrected chi connectivity index (χ4v) is 5.15. The number of hydrogen-bond donors (Lipinski definition) is 0. The van der Waals surface area contributed by atoms with Crippen molar-refractivity contribution in [3.8, 4) is 0 Å². The quantitative estimate of drug-likeness (QED) is 0.403. The van der Waals surface area contributed by atoms with Gasteiger partial charge in [0.1, 0.15) is 0 Å². The topological polar surface area (TPSA) is 46.1 Å². The van der Waals surface area contributed by atoms with Crippen molar-refractivity contribution in [2.24, 2.45) is 0 Å². The van der Waals surface area contributed by atoms with Crippen LogP contribution in [0.1, 0.15) is 6.92 Å². The third-order valence-electron chi connectivity index (χ3n) is 4.49. The maximum Gasteiger partial charge on any atom is 2.00 e. The second-order valence-corrected chi connectivity index (χ2v) is 8.79. The first-order valence-electron chi connectivity index (χ1n) is 9.50. The fraction of sp³-hybridized carbons (Fsp3) is 0.0769. The standard InChI is InChI=1S/C19H17OP.C7H8O.Fe/c20-19(16-9-7-8-10-16)15-21(17-11-3-1-4-12-17)18-13-5-2-6-14-18;1-6(8)7-4-2-3-5-7;/h1-14,20H,15H2;2-5,8H,1H3;/q;;+2/p-2. The Hall–Kier alpha value is -2.57. The number of benzene rings is 2. The van der Waals surface area contributed by atoms with Crippen molar-refractivity contribution in [2.75, 3.05) is 6.16 Å². The molecular weight excluding hydrogens is 431 g/mol. The molecule has 0 fully saturated rings. The molecule has 2 aromatic rings. The smallest absolute Gasteiger partial charge is 0.875 e. The van der Waals surface area contributed by atoms with Gasteiger partial charge in [0, 0.05) is 0 Å². The van der Waals surface area contributed by atoms with Crippen molar-refractivity contribution in [3.63, 3.8) is 0 Å². The zero-order valence-electron chi connectivity index (χ0n) is 16.7. The van der Waals surface area contributed by atoms with E-state index in [1.165, 1.54) is 10.6 Å². The molecule has 2 aromatic carbocycles. The normalized spacial score (nSPS) is 13.3. The summed E-state index contributed by atoms with van der Waals surface area (Å²) in [5.41, 5.74) is 1.61. The van der Waals surface area contributed by atoms with Gasteiger partial charge in [-0.1, -0.05) is 116 Å². The summed E-state index contributed by atoms with van der Waals surface area (Å²) in [6, 6.07) is 20.7. The molecule has 0 N–H and O–H groups in total. The third kappa shape index (κ3) is 6.75. The largest absolute Gasteiger partial charge is 2.00 e. The second-order valence-electron chi connectivity index (χ2n) is 6.58. The van der Waals surface area contributed by atoms with E-state index in [-0.39, 0.29) is 28.6 Å². The van der Waals surface area contributed by atoms with Gasteiger partial charge in [-0.3, -0.25) is 0 Å². The maximum absolute atomic E-state index is 12.5. The molecule has 0 spiro atoms. The third-order valence-corrected chi connectivity index (χ3v) is 6.94. The van der Waals surface area contributed by atoms with Crippen LogP contribution < -0.4 is 20.8 Å². The van der Waals surface area contributed by atoms with E-state index in [9.17, 15) is 10.2 Å². The van der Waals surface area contributed by atoms with E-state index in [1.807, 2.05) is 85.0 Å². The van der Waals surface area contributed by atoms with E-state index >= 15 is 0 Å². The summed E-state index contributed by atoms with van der Waals surface area (Å²) < 4.78 is 0. The molecule has 152 valence electrons. The minimum atomic E-state index is -0.645. The Morgan fingerprint density at radius 3 is 1.43 bits per heavy atom. The summed E-state index contributed by atoms with van der Waals surface area (Å²) in [6.07, 6.45) is 15.5. The summed E-state index contributed by atoms with van der Waals surface area (Å²) in [7, 11) is -0.645. The first-order valence-corrected chi connectivity index (χ1v) is 11.0. The SMILES string of the molecule is CC([O-])=C1C=CC=C1.[Fe+2].[O-]C(CP(c1ccccc1)c1ccccc1)=C1C=CC=C1. The summed E-state index contributed by atoms with van der Waals surface area (Å²) in [5.74, 6) is 0.355. The molecule has 0 saturated heterocycles. The molecule has 0 bridgehead atoms. The Labute approximate surface area is 190 Å². The van der Waals surface area contributed by atoms with Crippen LogP contribution in [-0.4, -0.2) is 6.16 Å². The van der Waals surface area contributed by atoms with Crippen molar-refractivity contribution < 1.29 is 27.3 Å². The van der Waals surface area contributed by atoms with Gasteiger partial charge in [0.15, 0.2) is 0 Å². The van der Waals surface area contributed by atoms with E-state index in [0.717, 1.165) is 11.1 Å². The van der Waals surface area contributed by atoms with Crippen LogP contribution in [0.2, 0.25) is 0 Å². The summed E-state index contributed by atoms with van der Waals surface area (Å²) in [6.45, 7) is 1.56. The Kier molecular flexibility index (Phi) is 9.64. The fourth-order valence-electron chi connectivity index (χ4n) is 2.95. The molecule has 30 heavy (non-hydrogen) atoms. The maximum atomic E-state index is 12.5. The van der Waals surface area contributed by atoms with Gasteiger partial charge in [0.2, 0.25) is 0 Å². The molecule has 2 nitrogen and oxygen atoms in total. The zero-order valence-corrected chi connectivity index (χ0v) is 18.7. The number of hydrogen-bond acceptors (Lipinski definition) is 2. The molecule has 0 saturated carbocycles. The van der Waals surface area contributed by atoms with Crippen molar-refractivity contribution in [2.45, 2.75) is 6.92 Å². The van der Waals surface area contributed by atoms with Crippen LogP contribution in [0, 0.1) is 0 Å². The van der Waals surface area contributed by atoms with Crippen LogP contribution in [0.25, 0.3) is 0 Å². The van der Waals surface area contributed by atoms with E-state index in [2.05, 4.69) is 24.3 Å². The van der Waals surface area contributed by atoms with Gasteiger partial charge in [-0.25, -0.2) is 0 Å².